The molecule has 2 rings (SSSR count). The predicted molar refractivity (Wildman–Crippen MR) is 73.9 cm³/mol. The van der Waals surface area contributed by atoms with Crippen LogP contribution in [0.3, 0.4) is 0 Å². The topological polar surface area (TPSA) is 49.8 Å². The molecule has 0 saturated carbocycles. The van der Waals surface area contributed by atoms with Gasteiger partial charge >= 0.3 is 5.97 Å². The highest BCUT2D eigenvalue weighted by molar-refractivity contribution is 6.32. The van der Waals surface area contributed by atoms with Gasteiger partial charge in [0.25, 0.3) is 0 Å². The molecule has 4 nitrogen and oxygen atoms in total. The quantitative estimate of drug-likeness (QED) is 0.902. The van der Waals surface area contributed by atoms with Gasteiger partial charge in [-0.2, -0.15) is 0 Å². The third kappa shape index (κ3) is 3.39. The first-order valence-electron chi connectivity index (χ1n) is 6.41. The fourth-order valence-electron chi connectivity index (χ4n) is 2.49. The molecule has 1 saturated heterocycles. The van der Waals surface area contributed by atoms with E-state index in [9.17, 15) is 9.90 Å². The van der Waals surface area contributed by atoms with Crippen molar-refractivity contribution in [2.45, 2.75) is 25.3 Å². The number of nitrogens with zero attached hydrogens (tertiary/aromatic N) is 1. The van der Waals surface area contributed by atoms with E-state index in [4.69, 9.17) is 16.3 Å². The second kappa shape index (κ2) is 6.26. The van der Waals surface area contributed by atoms with Crippen LogP contribution < -0.4 is 4.74 Å². The summed E-state index contributed by atoms with van der Waals surface area (Å²) in [5.41, 5.74) is 0.921. The van der Waals surface area contributed by atoms with E-state index >= 15 is 0 Å². The predicted octanol–water partition coefficient (Wildman–Crippen LogP) is 2.44. The first kappa shape index (κ1) is 14.2. The van der Waals surface area contributed by atoms with Gasteiger partial charge in [0.1, 0.15) is 11.8 Å². The number of ether oxygens (including phenoxy) is 1. The van der Waals surface area contributed by atoms with E-state index in [0.29, 0.717) is 17.2 Å². The minimum Gasteiger partial charge on any atom is -0.495 e. The molecule has 0 aliphatic carbocycles. The van der Waals surface area contributed by atoms with Crippen LogP contribution in [0.4, 0.5) is 0 Å². The molecule has 0 spiro atoms. The van der Waals surface area contributed by atoms with Gasteiger partial charge in [-0.25, -0.2) is 0 Å². The Bertz CT molecular complexity index is 458. The number of carbonyl (C=O) groups is 1. The van der Waals surface area contributed by atoms with Crippen molar-refractivity contribution in [1.82, 2.24) is 4.90 Å². The molecule has 1 aliphatic rings. The van der Waals surface area contributed by atoms with E-state index in [-0.39, 0.29) is 0 Å². The van der Waals surface area contributed by atoms with Crippen LogP contribution in [0.1, 0.15) is 18.4 Å². The van der Waals surface area contributed by atoms with E-state index < -0.39 is 12.0 Å². The van der Waals surface area contributed by atoms with Gasteiger partial charge < -0.3 is 9.84 Å². The Hall–Kier alpha value is -1.26. The summed E-state index contributed by atoms with van der Waals surface area (Å²) >= 11 is 6.07. The molecular formula is C14H18ClNO3. The van der Waals surface area contributed by atoms with Crippen LogP contribution in [-0.4, -0.2) is 42.2 Å². The lowest BCUT2D eigenvalue weighted by atomic mass is 10.0. The summed E-state index contributed by atoms with van der Waals surface area (Å²) in [6.07, 6.45) is 2.62. The van der Waals surface area contributed by atoms with Crippen molar-refractivity contribution in [2.24, 2.45) is 0 Å². The number of hydrogen-bond donors (Lipinski definition) is 1. The molecule has 1 N–H and O–H groups in total. The first-order chi connectivity index (χ1) is 9.11. The molecule has 1 fully saturated rings. The number of halogens is 1. The maximum Gasteiger partial charge on any atom is 0.321 e. The van der Waals surface area contributed by atoms with Crippen LogP contribution in [-0.2, 0) is 11.2 Å². The van der Waals surface area contributed by atoms with Crippen LogP contribution in [0.15, 0.2) is 18.2 Å². The summed E-state index contributed by atoms with van der Waals surface area (Å²) in [6, 6.07) is 4.97. The van der Waals surface area contributed by atoms with Crippen molar-refractivity contribution >= 4 is 17.6 Å². The van der Waals surface area contributed by atoms with Crippen molar-refractivity contribution in [3.8, 4) is 5.75 Å². The molecule has 0 radical (unpaired) electrons. The maximum atomic E-state index is 11.4. The van der Waals surface area contributed by atoms with Crippen LogP contribution in [0.25, 0.3) is 0 Å². The molecule has 0 aromatic heterocycles. The molecule has 1 aromatic carbocycles. The van der Waals surface area contributed by atoms with Gasteiger partial charge in [-0.1, -0.05) is 17.7 Å². The van der Waals surface area contributed by atoms with Crippen LogP contribution in [0.2, 0.25) is 5.02 Å². The van der Waals surface area contributed by atoms with Gasteiger partial charge in [-0.05, 0) is 50.0 Å². The number of rotatable bonds is 5. The molecule has 1 heterocycles. The van der Waals surface area contributed by atoms with E-state index in [2.05, 4.69) is 0 Å². The Morgan fingerprint density at radius 1 is 1.47 bits per heavy atom. The molecule has 1 unspecified atom stereocenters. The summed E-state index contributed by atoms with van der Waals surface area (Å²) in [7, 11) is 1.56. The van der Waals surface area contributed by atoms with Gasteiger partial charge in [0.05, 0.1) is 12.1 Å². The normalized spacial score (nSPS) is 17.4. The van der Waals surface area contributed by atoms with Gasteiger partial charge in [-0.15, -0.1) is 0 Å². The second-order valence-corrected chi connectivity index (χ2v) is 5.18. The van der Waals surface area contributed by atoms with E-state index in [1.807, 2.05) is 11.0 Å². The average Bonchev–Trinajstić information content (AvgIpc) is 2.89. The van der Waals surface area contributed by atoms with E-state index in [0.717, 1.165) is 31.5 Å². The number of carboxylic acid groups (broad SMARTS) is 1. The Balaban J connectivity index is 2.12. The molecule has 5 heteroatoms. The van der Waals surface area contributed by atoms with E-state index in [1.165, 1.54) is 0 Å². The van der Waals surface area contributed by atoms with Crippen molar-refractivity contribution < 1.29 is 14.6 Å². The SMILES string of the molecule is COc1ccc(CC(C(=O)O)N2CCCC2)cc1Cl. The number of hydrogen-bond acceptors (Lipinski definition) is 3. The second-order valence-electron chi connectivity index (χ2n) is 4.77. The fourth-order valence-corrected chi connectivity index (χ4v) is 2.77. The minimum atomic E-state index is -0.770. The molecule has 19 heavy (non-hydrogen) atoms. The highest BCUT2D eigenvalue weighted by Gasteiger charge is 2.28. The Kier molecular flexibility index (Phi) is 4.66. The number of methoxy groups -OCH3 is 1. The summed E-state index contributed by atoms with van der Waals surface area (Å²) in [6.45, 7) is 1.72. The molecule has 0 bridgehead atoms. The summed E-state index contributed by atoms with van der Waals surface area (Å²) in [5.74, 6) is -0.160. The first-order valence-corrected chi connectivity index (χ1v) is 6.79. The third-order valence-corrected chi connectivity index (χ3v) is 3.81. The zero-order valence-corrected chi connectivity index (χ0v) is 11.7. The smallest absolute Gasteiger partial charge is 0.321 e. The standard InChI is InChI=1S/C14H18ClNO3/c1-19-13-5-4-10(8-11(13)15)9-12(14(17)18)16-6-2-3-7-16/h4-5,8,12H,2-3,6-7,9H2,1H3,(H,17,18). The molecule has 1 atom stereocenters. The van der Waals surface area contributed by atoms with Crippen molar-refractivity contribution in [3.63, 3.8) is 0 Å². The summed E-state index contributed by atoms with van der Waals surface area (Å²) in [5, 5.41) is 9.88. The van der Waals surface area contributed by atoms with Gasteiger partial charge in [-0.3, -0.25) is 9.69 Å². The number of aliphatic carboxylic acids is 1. The largest absolute Gasteiger partial charge is 0.495 e. The zero-order valence-electron chi connectivity index (χ0n) is 10.9. The Morgan fingerprint density at radius 3 is 2.68 bits per heavy atom. The maximum absolute atomic E-state index is 11.4. The highest BCUT2D eigenvalue weighted by Crippen LogP contribution is 2.26. The van der Waals surface area contributed by atoms with Crippen LogP contribution in [0.5, 0.6) is 5.75 Å². The zero-order chi connectivity index (χ0) is 13.8. The van der Waals surface area contributed by atoms with Gasteiger partial charge in [0.15, 0.2) is 0 Å². The molecule has 104 valence electrons. The monoisotopic (exact) mass is 283 g/mol. The minimum absolute atomic E-state index is 0.466. The van der Waals surface area contributed by atoms with Crippen LogP contribution >= 0.6 is 11.6 Å². The molecule has 1 aliphatic heterocycles. The number of benzene rings is 1. The molecule has 0 amide bonds. The lowest BCUT2D eigenvalue weighted by Gasteiger charge is -2.23. The molecule has 1 aromatic rings. The van der Waals surface area contributed by atoms with Gasteiger partial charge in [0.2, 0.25) is 0 Å². The van der Waals surface area contributed by atoms with Gasteiger partial charge in [0, 0.05) is 0 Å². The van der Waals surface area contributed by atoms with Crippen LogP contribution in [0, 0.1) is 0 Å². The Morgan fingerprint density at radius 2 is 2.16 bits per heavy atom. The highest BCUT2D eigenvalue weighted by atomic mass is 35.5. The van der Waals surface area contributed by atoms with Crippen molar-refractivity contribution in [1.29, 1.82) is 0 Å². The summed E-state index contributed by atoms with van der Waals surface area (Å²) < 4.78 is 5.09. The number of carboxylic acids is 1. The van der Waals surface area contributed by atoms with Crippen molar-refractivity contribution in [3.05, 3.63) is 28.8 Å². The fraction of sp³-hybridized carbons (Fsp3) is 0.500. The third-order valence-electron chi connectivity index (χ3n) is 3.51. The lowest BCUT2D eigenvalue weighted by Crippen LogP contribution is -2.40. The average molecular weight is 284 g/mol. The number of likely N-dealkylation sites (tertiary alicyclic amines) is 1. The van der Waals surface area contributed by atoms with E-state index in [1.54, 1.807) is 19.2 Å². The summed E-state index contributed by atoms with van der Waals surface area (Å²) in [4.78, 5) is 13.4. The molecular weight excluding hydrogens is 266 g/mol. The van der Waals surface area contributed by atoms with Crippen molar-refractivity contribution in [2.75, 3.05) is 20.2 Å². The Labute approximate surface area is 117 Å². The lowest BCUT2D eigenvalue weighted by molar-refractivity contribution is -0.142.